The zero-order valence-electron chi connectivity index (χ0n) is 23.9. The summed E-state index contributed by atoms with van der Waals surface area (Å²) in [4.78, 5) is 42.4. The number of benzene rings is 1. The molecular formula is C30H41N7O3. The van der Waals surface area contributed by atoms with Crippen LogP contribution in [0.1, 0.15) is 68.6 Å². The van der Waals surface area contributed by atoms with Gasteiger partial charge in [0.25, 0.3) is 5.91 Å². The number of carbonyl (C=O) groups excluding carboxylic acids is 2. The van der Waals surface area contributed by atoms with E-state index < -0.39 is 0 Å². The Balaban J connectivity index is 1.22. The molecule has 2 aliphatic heterocycles. The summed E-state index contributed by atoms with van der Waals surface area (Å²) in [6, 6.07) is 5.98. The lowest BCUT2D eigenvalue weighted by Crippen LogP contribution is -2.44. The van der Waals surface area contributed by atoms with E-state index in [9.17, 15) is 9.59 Å². The normalized spacial score (nSPS) is 21.3. The highest BCUT2D eigenvalue weighted by atomic mass is 16.5. The van der Waals surface area contributed by atoms with Crippen LogP contribution in [0.5, 0.6) is 5.75 Å². The van der Waals surface area contributed by atoms with Gasteiger partial charge in [-0.3, -0.25) is 9.59 Å². The third kappa shape index (κ3) is 5.09. The van der Waals surface area contributed by atoms with Gasteiger partial charge in [0, 0.05) is 44.3 Å². The summed E-state index contributed by atoms with van der Waals surface area (Å²) in [7, 11) is 3.44. The Morgan fingerprint density at radius 2 is 1.90 bits per heavy atom. The fourth-order valence-electron chi connectivity index (χ4n) is 6.57. The molecule has 2 aliphatic carbocycles. The van der Waals surface area contributed by atoms with E-state index in [1.54, 1.807) is 30.3 Å². The third-order valence-electron chi connectivity index (χ3n) is 9.31. The number of anilines is 4. The molecule has 1 aromatic carbocycles. The van der Waals surface area contributed by atoms with E-state index in [1.165, 1.54) is 12.8 Å². The maximum Gasteiger partial charge on any atom is 0.251 e. The van der Waals surface area contributed by atoms with Crippen LogP contribution >= 0.6 is 0 Å². The van der Waals surface area contributed by atoms with Crippen molar-refractivity contribution in [1.82, 2.24) is 20.2 Å². The van der Waals surface area contributed by atoms with Gasteiger partial charge in [-0.1, -0.05) is 19.8 Å². The van der Waals surface area contributed by atoms with Gasteiger partial charge in [0.1, 0.15) is 11.4 Å². The van der Waals surface area contributed by atoms with Crippen molar-refractivity contribution < 1.29 is 14.3 Å². The van der Waals surface area contributed by atoms with Gasteiger partial charge in [0.2, 0.25) is 11.9 Å². The highest BCUT2D eigenvalue weighted by Gasteiger charge is 2.55. The second-order valence-corrected chi connectivity index (χ2v) is 11.8. The van der Waals surface area contributed by atoms with E-state index in [-0.39, 0.29) is 23.3 Å². The monoisotopic (exact) mass is 547 g/mol. The van der Waals surface area contributed by atoms with Crippen molar-refractivity contribution in [2.24, 2.45) is 5.41 Å². The maximum absolute atomic E-state index is 13.3. The Morgan fingerprint density at radius 1 is 1.15 bits per heavy atom. The summed E-state index contributed by atoms with van der Waals surface area (Å²) in [6.45, 7) is 5.96. The number of rotatable bonds is 7. The van der Waals surface area contributed by atoms with Crippen molar-refractivity contribution in [3.8, 4) is 5.75 Å². The van der Waals surface area contributed by atoms with Crippen LogP contribution in [0, 0.1) is 5.41 Å². The van der Waals surface area contributed by atoms with Crippen molar-refractivity contribution in [3.63, 3.8) is 0 Å². The lowest BCUT2D eigenvalue weighted by atomic mass is 10.0. The number of aromatic nitrogens is 2. The number of likely N-dealkylation sites (tertiary alicyclic amines) is 1. The molecule has 2 amide bonds. The second-order valence-electron chi connectivity index (χ2n) is 11.8. The van der Waals surface area contributed by atoms with E-state index in [0.717, 1.165) is 76.2 Å². The van der Waals surface area contributed by atoms with Crippen molar-refractivity contribution >= 4 is 35.0 Å². The average molecular weight is 548 g/mol. The summed E-state index contributed by atoms with van der Waals surface area (Å²) in [5.74, 6) is 1.88. The van der Waals surface area contributed by atoms with Gasteiger partial charge in [-0.15, -0.1) is 0 Å². The molecule has 2 N–H and O–H groups in total. The van der Waals surface area contributed by atoms with Crippen molar-refractivity contribution in [3.05, 3.63) is 30.0 Å². The summed E-state index contributed by atoms with van der Waals surface area (Å²) >= 11 is 0. The fraction of sp³-hybridized carbons (Fsp3) is 0.600. The number of piperidine rings is 1. The molecule has 40 heavy (non-hydrogen) atoms. The topological polar surface area (TPSA) is 103 Å². The average Bonchev–Trinajstić information content (AvgIpc) is 3.59. The van der Waals surface area contributed by atoms with Gasteiger partial charge in [-0.25, -0.2) is 4.98 Å². The van der Waals surface area contributed by atoms with E-state index in [1.807, 2.05) is 13.1 Å². The van der Waals surface area contributed by atoms with Gasteiger partial charge in [-0.2, -0.15) is 4.98 Å². The number of hydrogen-bond donors (Lipinski definition) is 2. The maximum atomic E-state index is 13.3. The van der Waals surface area contributed by atoms with E-state index >= 15 is 0 Å². The number of methoxy groups -OCH3 is 1. The Kier molecular flexibility index (Phi) is 7.29. The molecular weight excluding hydrogens is 506 g/mol. The predicted molar refractivity (Wildman–Crippen MR) is 156 cm³/mol. The minimum Gasteiger partial charge on any atom is -0.495 e. The molecule has 0 radical (unpaired) electrons. The summed E-state index contributed by atoms with van der Waals surface area (Å²) in [5, 5.41) is 6.50. The van der Waals surface area contributed by atoms with E-state index in [2.05, 4.69) is 32.3 Å². The third-order valence-corrected chi connectivity index (χ3v) is 9.31. The number of amides is 2. The summed E-state index contributed by atoms with van der Waals surface area (Å²) in [5.41, 5.74) is 1.71. The molecule has 4 aliphatic rings. The van der Waals surface area contributed by atoms with Crippen molar-refractivity contribution in [1.29, 1.82) is 0 Å². The van der Waals surface area contributed by atoms with Crippen LogP contribution < -0.4 is 25.2 Å². The van der Waals surface area contributed by atoms with Crippen molar-refractivity contribution in [2.45, 2.75) is 70.4 Å². The standard InChI is InChI=1S/C30H41N7O3/c1-4-36-15-11-21(12-16-36)32-27(38)20-9-10-23(25(17-20)40-3)33-29-31-18-24-26(34-29)37(22-7-5-6-8-22)19-30(13-14-30)28(39)35(24)2/h9-10,17-18,21-22H,4-8,11-16,19H2,1-3H3,(H,32,38)(H,31,33,34). The van der Waals surface area contributed by atoms with Crippen LogP contribution in [-0.2, 0) is 4.79 Å². The highest BCUT2D eigenvalue weighted by Crippen LogP contribution is 2.52. The molecule has 10 nitrogen and oxygen atoms in total. The van der Waals surface area contributed by atoms with Crippen molar-refractivity contribution in [2.75, 3.05) is 55.5 Å². The molecule has 2 saturated carbocycles. The minimum absolute atomic E-state index is 0.0880. The predicted octanol–water partition coefficient (Wildman–Crippen LogP) is 3.95. The molecule has 1 aromatic heterocycles. The molecule has 0 atom stereocenters. The highest BCUT2D eigenvalue weighted by molar-refractivity contribution is 6.03. The van der Waals surface area contributed by atoms with Gasteiger partial charge in [-0.05, 0) is 63.3 Å². The minimum atomic E-state index is -0.293. The summed E-state index contributed by atoms with van der Waals surface area (Å²) < 4.78 is 5.66. The number of ether oxygens (including phenoxy) is 1. The Labute approximate surface area is 236 Å². The Morgan fingerprint density at radius 3 is 2.58 bits per heavy atom. The molecule has 2 aromatic rings. The van der Waals surface area contributed by atoms with E-state index in [0.29, 0.717) is 29.0 Å². The lowest BCUT2D eigenvalue weighted by Gasteiger charge is -2.31. The van der Waals surface area contributed by atoms with Crippen LogP contribution in [0.25, 0.3) is 0 Å². The number of fused-ring (bicyclic) bond motifs is 1. The van der Waals surface area contributed by atoms with Gasteiger partial charge < -0.3 is 30.1 Å². The number of hydrogen-bond acceptors (Lipinski definition) is 8. The first-order valence-electron chi connectivity index (χ1n) is 14.8. The van der Waals surface area contributed by atoms with Gasteiger partial charge >= 0.3 is 0 Å². The van der Waals surface area contributed by atoms with Gasteiger partial charge in [0.15, 0.2) is 5.82 Å². The molecule has 0 bridgehead atoms. The molecule has 6 rings (SSSR count). The van der Waals surface area contributed by atoms with Crippen LogP contribution in [0.15, 0.2) is 24.4 Å². The Hall–Kier alpha value is -3.40. The zero-order chi connectivity index (χ0) is 27.9. The SMILES string of the molecule is CCN1CCC(NC(=O)c2ccc(Nc3ncc4c(n3)N(C3CCCC3)CC3(CC3)C(=O)N4C)c(OC)c2)CC1. The van der Waals surface area contributed by atoms with Crippen LogP contribution in [0.2, 0.25) is 0 Å². The molecule has 3 fully saturated rings. The first-order valence-corrected chi connectivity index (χ1v) is 14.8. The number of nitrogens with one attached hydrogen (secondary N) is 2. The first-order chi connectivity index (χ1) is 19.4. The molecule has 1 spiro atoms. The summed E-state index contributed by atoms with van der Waals surface area (Å²) in [6.07, 6.45) is 10.2. The zero-order valence-corrected chi connectivity index (χ0v) is 23.9. The first kappa shape index (κ1) is 26.8. The largest absolute Gasteiger partial charge is 0.495 e. The number of nitrogens with zero attached hydrogens (tertiary/aromatic N) is 5. The van der Waals surface area contributed by atoms with Crippen LogP contribution in [0.4, 0.5) is 23.1 Å². The van der Waals surface area contributed by atoms with Gasteiger partial charge in [0.05, 0.1) is 24.4 Å². The lowest BCUT2D eigenvalue weighted by molar-refractivity contribution is -0.122. The molecule has 3 heterocycles. The van der Waals surface area contributed by atoms with Crippen LogP contribution in [-0.4, -0.2) is 79.1 Å². The Bertz CT molecular complexity index is 1270. The number of carbonyl (C=O) groups is 2. The quantitative estimate of drug-likeness (QED) is 0.537. The second kappa shape index (κ2) is 10.9. The van der Waals surface area contributed by atoms with Crippen LogP contribution in [0.3, 0.4) is 0 Å². The smallest absolute Gasteiger partial charge is 0.251 e. The van der Waals surface area contributed by atoms with E-state index in [4.69, 9.17) is 9.72 Å². The molecule has 0 unspecified atom stereocenters. The molecule has 214 valence electrons. The fourth-order valence-corrected chi connectivity index (χ4v) is 6.57. The molecule has 1 saturated heterocycles. The molecule has 10 heteroatoms.